The quantitative estimate of drug-likeness (QED) is 0.799. The smallest absolute Gasteiger partial charge is 0.0889 e. The van der Waals surface area contributed by atoms with Crippen molar-refractivity contribution in [3.63, 3.8) is 0 Å². The number of nitrogens with one attached hydrogen (secondary N) is 2. The van der Waals surface area contributed by atoms with Gasteiger partial charge in [-0.25, -0.2) is 8.93 Å². The summed E-state index contributed by atoms with van der Waals surface area (Å²) in [7, 11) is -1.00. The van der Waals surface area contributed by atoms with Crippen LogP contribution < -0.4 is 10.0 Å². The second-order valence-electron chi connectivity index (χ2n) is 6.58. The Morgan fingerprint density at radius 1 is 1.16 bits per heavy atom. The molecule has 0 radical (unpaired) electrons. The number of rotatable bonds is 7. The highest BCUT2D eigenvalue weighted by Gasteiger charge is 2.26. The van der Waals surface area contributed by atoms with Crippen LogP contribution in [0, 0.1) is 0 Å². The van der Waals surface area contributed by atoms with Gasteiger partial charge in [-0.1, -0.05) is 54.6 Å². The monoisotopic (exact) mass is 358 g/mol. The van der Waals surface area contributed by atoms with Crippen molar-refractivity contribution >= 4 is 11.0 Å². The lowest BCUT2D eigenvalue weighted by molar-refractivity contribution is 0.109. The summed E-state index contributed by atoms with van der Waals surface area (Å²) in [6.07, 6.45) is 2.86. The third kappa shape index (κ3) is 5.22. The molecule has 1 heterocycles. The van der Waals surface area contributed by atoms with Crippen LogP contribution in [-0.2, 0) is 22.3 Å². The predicted molar refractivity (Wildman–Crippen MR) is 102 cm³/mol. The van der Waals surface area contributed by atoms with Crippen LogP contribution in [-0.4, -0.2) is 23.1 Å². The minimum atomic E-state index is -1.00. The topological polar surface area (TPSA) is 50.4 Å². The van der Waals surface area contributed by atoms with E-state index >= 15 is 0 Å². The van der Waals surface area contributed by atoms with E-state index in [1.165, 1.54) is 11.1 Å². The Kier molecular flexibility index (Phi) is 6.37. The first-order valence-corrected chi connectivity index (χ1v) is 10.3. The lowest BCUT2D eigenvalue weighted by Crippen LogP contribution is -2.28. The maximum atomic E-state index is 11.3. The van der Waals surface area contributed by atoms with Crippen LogP contribution in [0.25, 0.3) is 0 Å². The zero-order valence-corrected chi connectivity index (χ0v) is 15.6. The van der Waals surface area contributed by atoms with Crippen LogP contribution in [0.3, 0.4) is 0 Å². The molecule has 0 saturated carbocycles. The molecule has 0 spiro atoms. The van der Waals surface area contributed by atoms with Crippen molar-refractivity contribution in [3.8, 4) is 0 Å². The average Bonchev–Trinajstić information content (AvgIpc) is 3.10. The highest BCUT2D eigenvalue weighted by Crippen LogP contribution is 2.28. The normalized spacial score (nSPS) is 22.6. The van der Waals surface area contributed by atoms with Gasteiger partial charge in [0.1, 0.15) is 0 Å². The zero-order valence-electron chi connectivity index (χ0n) is 14.8. The largest absolute Gasteiger partial charge is 0.372 e. The van der Waals surface area contributed by atoms with E-state index in [-0.39, 0.29) is 12.1 Å². The number of hydrogen-bond acceptors (Lipinski definition) is 3. The van der Waals surface area contributed by atoms with Crippen LogP contribution in [0.15, 0.2) is 54.6 Å². The van der Waals surface area contributed by atoms with Crippen LogP contribution in [0.4, 0.5) is 0 Å². The van der Waals surface area contributed by atoms with E-state index < -0.39 is 11.0 Å². The van der Waals surface area contributed by atoms with E-state index in [4.69, 9.17) is 4.74 Å². The highest BCUT2D eigenvalue weighted by molar-refractivity contribution is 7.82. The highest BCUT2D eigenvalue weighted by atomic mass is 32.2. The summed E-state index contributed by atoms with van der Waals surface area (Å²) >= 11 is 0. The van der Waals surface area contributed by atoms with E-state index in [1.54, 1.807) is 6.26 Å². The molecule has 0 aromatic heterocycles. The molecule has 4 nitrogen and oxygen atoms in total. The third-order valence-corrected chi connectivity index (χ3v) is 5.27. The molecule has 0 amide bonds. The van der Waals surface area contributed by atoms with Gasteiger partial charge < -0.3 is 10.1 Å². The molecule has 2 N–H and O–H groups in total. The first-order valence-electron chi connectivity index (χ1n) is 8.70. The van der Waals surface area contributed by atoms with Crippen molar-refractivity contribution in [1.82, 2.24) is 10.0 Å². The standard InChI is InChI=1S/C20H26N2O2S/c1-15(22-25(2)23)17-10-8-16(9-11-17)13-21-19-12-20(24-14-19)18-6-4-3-5-7-18/h3-11,15,19-22H,12-14H2,1-2H3/t15-,19?,20?,25?/m1/s1. The van der Waals surface area contributed by atoms with E-state index in [9.17, 15) is 4.21 Å². The number of ether oxygens (including phenoxy) is 1. The molecule has 1 aliphatic heterocycles. The summed E-state index contributed by atoms with van der Waals surface area (Å²) in [5.41, 5.74) is 3.65. The molecule has 2 aromatic carbocycles. The summed E-state index contributed by atoms with van der Waals surface area (Å²) in [4.78, 5) is 0. The van der Waals surface area contributed by atoms with Gasteiger partial charge in [-0.3, -0.25) is 0 Å². The van der Waals surface area contributed by atoms with Crippen molar-refractivity contribution in [2.45, 2.75) is 38.1 Å². The van der Waals surface area contributed by atoms with Gasteiger partial charge in [0.2, 0.25) is 0 Å². The Hall–Kier alpha value is -1.53. The molecule has 4 atom stereocenters. The Balaban J connectivity index is 1.48. The molecule has 134 valence electrons. The van der Waals surface area contributed by atoms with E-state index in [0.717, 1.165) is 25.1 Å². The summed E-state index contributed by atoms with van der Waals surface area (Å²) in [6.45, 7) is 3.60. The molecule has 1 aliphatic rings. The maximum Gasteiger partial charge on any atom is 0.0889 e. The molecule has 1 fully saturated rings. The molecule has 25 heavy (non-hydrogen) atoms. The van der Waals surface area contributed by atoms with Crippen LogP contribution in [0.2, 0.25) is 0 Å². The Morgan fingerprint density at radius 2 is 1.88 bits per heavy atom. The Labute approximate surface area is 152 Å². The molecule has 3 rings (SSSR count). The van der Waals surface area contributed by atoms with Gasteiger partial charge in [0, 0.05) is 24.9 Å². The first kappa shape index (κ1) is 18.3. The van der Waals surface area contributed by atoms with Crippen LogP contribution >= 0.6 is 0 Å². The predicted octanol–water partition coefficient (Wildman–Crippen LogP) is 3.25. The van der Waals surface area contributed by atoms with E-state index in [0.29, 0.717) is 6.04 Å². The van der Waals surface area contributed by atoms with Gasteiger partial charge in [-0.15, -0.1) is 0 Å². The fraction of sp³-hybridized carbons (Fsp3) is 0.400. The molecule has 0 bridgehead atoms. The Bertz CT molecular complexity index is 691. The molecular formula is C20H26N2O2S. The van der Waals surface area contributed by atoms with Crippen LogP contribution in [0.1, 0.15) is 42.2 Å². The van der Waals surface area contributed by atoms with Crippen molar-refractivity contribution in [3.05, 3.63) is 71.3 Å². The van der Waals surface area contributed by atoms with Gasteiger partial charge in [-0.05, 0) is 30.0 Å². The second-order valence-corrected chi connectivity index (χ2v) is 7.73. The summed E-state index contributed by atoms with van der Waals surface area (Å²) in [5, 5.41) is 3.59. The molecular weight excluding hydrogens is 332 g/mol. The van der Waals surface area contributed by atoms with E-state index in [2.05, 4.69) is 58.6 Å². The van der Waals surface area contributed by atoms with Crippen molar-refractivity contribution in [1.29, 1.82) is 0 Å². The summed E-state index contributed by atoms with van der Waals surface area (Å²) < 4.78 is 20.2. The molecule has 5 heteroatoms. The minimum absolute atomic E-state index is 0.0858. The van der Waals surface area contributed by atoms with Crippen molar-refractivity contribution in [2.75, 3.05) is 12.9 Å². The van der Waals surface area contributed by atoms with Crippen molar-refractivity contribution in [2.24, 2.45) is 0 Å². The SMILES string of the molecule is C[C@@H](NS(C)=O)c1ccc(CNC2COC(c3ccccc3)C2)cc1. The lowest BCUT2D eigenvalue weighted by Gasteiger charge is -2.14. The van der Waals surface area contributed by atoms with Gasteiger partial charge >= 0.3 is 0 Å². The van der Waals surface area contributed by atoms with Gasteiger partial charge in [0.15, 0.2) is 0 Å². The second kappa shape index (κ2) is 8.72. The van der Waals surface area contributed by atoms with Gasteiger partial charge in [-0.2, -0.15) is 0 Å². The number of benzene rings is 2. The third-order valence-electron chi connectivity index (χ3n) is 4.59. The Morgan fingerprint density at radius 3 is 2.56 bits per heavy atom. The number of hydrogen-bond donors (Lipinski definition) is 2. The molecule has 0 aliphatic carbocycles. The fourth-order valence-corrected chi connectivity index (χ4v) is 3.81. The molecule has 1 saturated heterocycles. The summed E-state index contributed by atoms with van der Waals surface area (Å²) in [5.74, 6) is 0. The van der Waals surface area contributed by atoms with Crippen LogP contribution in [0.5, 0.6) is 0 Å². The first-order chi connectivity index (χ1) is 12.1. The van der Waals surface area contributed by atoms with Crippen molar-refractivity contribution < 1.29 is 8.95 Å². The maximum absolute atomic E-state index is 11.3. The van der Waals surface area contributed by atoms with E-state index in [1.807, 2.05) is 13.0 Å². The minimum Gasteiger partial charge on any atom is -0.372 e. The summed E-state index contributed by atoms with van der Waals surface area (Å²) in [6, 6.07) is 19.3. The van der Waals surface area contributed by atoms with Gasteiger partial charge in [0.05, 0.1) is 23.7 Å². The average molecular weight is 359 g/mol. The molecule has 3 unspecified atom stereocenters. The fourth-order valence-electron chi connectivity index (χ4n) is 3.17. The lowest BCUT2D eigenvalue weighted by atomic mass is 10.0. The zero-order chi connectivity index (χ0) is 17.6. The molecule has 2 aromatic rings. The van der Waals surface area contributed by atoms with Gasteiger partial charge in [0.25, 0.3) is 0 Å².